The van der Waals surface area contributed by atoms with E-state index in [2.05, 4.69) is 45.4 Å². The van der Waals surface area contributed by atoms with Crippen molar-refractivity contribution in [2.24, 2.45) is 0 Å². The van der Waals surface area contributed by atoms with Gasteiger partial charge in [0.2, 0.25) is 0 Å². The van der Waals surface area contributed by atoms with Crippen molar-refractivity contribution >= 4 is 45.9 Å². The first kappa shape index (κ1) is 24.0. The Kier molecular flexibility index (Phi) is 8.02. The van der Waals surface area contributed by atoms with Gasteiger partial charge < -0.3 is 15.4 Å². The molecule has 8 nitrogen and oxygen atoms in total. The summed E-state index contributed by atoms with van der Waals surface area (Å²) in [5.74, 6) is 3.46. The number of nitro groups is 1. The number of anilines is 1. The minimum atomic E-state index is -0.379. The third-order valence-corrected chi connectivity index (χ3v) is 7.86. The van der Waals surface area contributed by atoms with Crippen LogP contribution < -0.4 is 5.32 Å². The van der Waals surface area contributed by atoms with Crippen molar-refractivity contribution < 1.29 is 4.92 Å². The molecule has 0 aliphatic rings. The Morgan fingerprint density at radius 2 is 1.91 bits per heavy atom. The van der Waals surface area contributed by atoms with Crippen LogP contribution in [-0.2, 0) is 13.1 Å². The van der Waals surface area contributed by atoms with Gasteiger partial charge in [0.1, 0.15) is 12.7 Å². The van der Waals surface area contributed by atoms with Crippen molar-refractivity contribution in [2.75, 3.05) is 22.6 Å². The normalized spacial score (nSPS) is 11.1. The van der Waals surface area contributed by atoms with Crippen molar-refractivity contribution in [3.63, 3.8) is 0 Å². The summed E-state index contributed by atoms with van der Waals surface area (Å²) < 4.78 is 1.66. The molecule has 0 unspecified atom stereocenters. The van der Waals surface area contributed by atoms with Crippen LogP contribution in [0.15, 0.2) is 59.9 Å². The fourth-order valence-electron chi connectivity index (χ4n) is 3.59. The third-order valence-electron chi connectivity index (χ3n) is 5.47. The number of hydrogen-bond acceptors (Lipinski definition) is 8. The molecule has 1 aromatic carbocycles. The van der Waals surface area contributed by atoms with Gasteiger partial charge in [0.25, 0.3) is 0 Å². The average molecular weight is 495 g/mol. The maximum Gasteiger partial charge on any atom is 0.342 e. The van der Waals surface area contributed by atoms with Gasteiger partial charge in [-0.1, -0.05) is 18.2 Å². The molecule has 10 heteroatoms. The van der Waals surface area contributed by atoms with Crippen LogP contribution in [-0.4, -0.2) is 41.7 Å². The first-order chi connectivity index (χ1) is 16.5. The topological polar surface area (TPSA) is 98.8 Å². The van der Waals surface area contributed by atoms with E-state index in [-0.39, 0.29) is 10.7 Å². The second-order valence-corrected chi connectivity index (χ2v) is 10.0. The predicted molar refractivity (Wildman–Crippen MR) is 140 cm³/mol. The van der Waals surface area contributed by atoms with E-state index in [1.165, 1.54) is 16.7 Å². The van der Waals surface area contributed by atoms with Crippen molar-refractivity contribution in [3.05, 3.63) is 82.2 Å². The van der Waals surface area contributed by atoms with Gasteiger partial charge in [0.05, 0.1) is 29.6 Å². The van der Waals surface area contributed by atoms with Crippen LogP contribution in [0.3, 0.4) is 0 Å². The van der Waals surface area contributed by atoms with E-state index in [4.69, 9.17) is 0 Å². The Labute approximate surface area is 206 Å². The lowest BCUT2D eigenvalue weighted by Gasteiger charge is -2.12. The van der Waals surface area contributed by atoms with E-state index >= 15 is 0 Å². The number of para-hydroxylation sites is 1. The summed E-state index contributed by atoms with van der Waals surface area (Å²) in [6.45, 7) is 5.13. The van der Waals surface area contributed by atoms with E-state index in [0.29, 0.717) is 18.9 Å². The molecule has 0 saturated carbocycles. The molecule has 0 atom stereocenters. The summed E-state index contributed by atoms with van der Waals surface area (Å²) in [6.07, 6.45) is 5.04. The summed E-state index contributed by atoms with van der Waals surface area (Å²) in [5.41, 5.74) is 4.16. The second-order valence-electron chi connectivity index (χ2n) is 7.68. The minimum Gasteiger partial charge on any atom is -0.378 e. The highest BCUT2D eigenvalue weighted by Gasteiger charge is 2.16. The molecule has 0 fully saturated rings. The molecule has 0 saturated heterocycles. The quantitative estimate of drug-likeness (QED) is 0.126. The smallest absolute Gasteiger partial charge is 0.342 e. The zero-order chi connectivity index (χ0) is 23.9. The van der Waals surface area contributed by atoms with Gasteiger partial charge in [-0.2, -0.15) is 11.8 Å². The molecule has 4 aromatic rings. The number of pyridine rings is 2. The van der Waals surface area contributed by atoms with Gasteiger partial charge in [-0.25, -0.2) is 9.55 Å². The molecule has 176 valence electrons. The summed E-state index contributed by atoms with van der Waals surface area (Å²) in [4.78, 5) is 25.1. The molecule has 4 rings (SSSR count). The molecule has 3 heterocycles. The maximum absolute atomic E-state index is 11.1. The number of thioether (sulfide) groups is 2. The van der Waals surface area contributed by atoms with Gasteiger partial charge in [0, 0.05) is 40.7 Å². The molecule has 0 amide bonds. The van der Waals surface area contributed by atoms with E-state index < -0.39 is 0 Å². The molecule has 0 radical (unpaired) electrons. The van der Waals surface area contributed by atoms with E-state index in [1.54, 1.807) is 23.3 Å². The molecule has 0 aliphatic carbocycles. The number of aromatic nitrogens is 4. The van der Waals surface area contributed by atoms with Crippen LogP contribution in [0, 0.1) is 24.0 Å². The minimum absolute atomic E-state index is 0.0560. The lowest BCUT2D eigenvalue weighted by Crippen LogP contribution is -2.07. The first-order valence-corrected chi connectivity index (χ1v) is 13.1. The lowest BCUT2D eigenvalue weighted by atomic mass is 10.2. The first-order valence-electron chi connectivity index (χ1n) is 10.9. The van der Waals surface area contributed by atoms with Crippen LogP contribution >= 0.6 is 23.5 Å². The fraction of sp³-hybridized carbons (Fsp3) is 0.292. The Balaban J connectivity index is 1.25. The van der Waals surface area contributed by atoms with E-state index in [1.807, 2.05) is 42.4 Å². The largest absolute Gasteiger partial charge is 0.378 e. The number of nitrogens with zero attached hydrogens (tertiary/aromatic N) is 5. The van der Waals surface area contributed by atoms with Crippen LogP contribution in [0.2, 0.25) is 0 Å². The summed E-state index contributed by atoms with van der Waals surface area (Å²) in [7, 11) is 0. The van der Waals surface area contributed by atoms with Crippen LogP contribution in [0.1, 0.15) is 17.1 Å². The monoisotopic (exact) mass is 494 g/mol. The van der Waals surface area contributed by atoms with E-state index in [0.717, 1.165) is 39.5 Å². The van der Waals surface area contributed by atoms with Crippen molar-refractivity contribution in [1.29, 1.82) is 0 Å². The van der Waals surface area contributed by atoms with Crippen LogP contribution in [0.25, 0.3) is 10.9 Å². The zero-order valence-electron chi connectivity index (χ0n) is 19.1. The number of imidazole rings is 1. The van der Waals surface area contributed by atoms with Gasteiger partial charge in [-0.15, -0.1) is 11.8 Å². The fourth-order valence-corrected chi connectivity index (χ4v) is 5.63. The Bertz CT molecular complexity index is 1290. The maximum atomic E-state index is 11.1. The lowest BCUT2D eigenvalue weighted by molar-refractivity contribution is -0.392. The molecule has 0 spiro atoms. The van der Waals surface area contributed by atoms with E-state index in [9.17, 15) is 10.1 Å². The summed E-state index contributed by atoms with van der Waals surface area (Å²) in [6, 6.07) is 12.2. The Morgan fingerprint density at radius 1 is 1.06 bits per heavy atom. The summed E-state index contributed by atoms with van der Waals surface area (Å²) in [5, 5.41) is 15.6. The molecular formula is C24H26N6O2S2. The Morgan fingerprint density at radius 3 is 2.76 bits per heavy atom. The van der Waals surface area contributed by atoms with Crippen molar-refractivity contribution in [1.82, 2.24) is 19.5 Å². The van der Waals surface area contributed by atoms with Gasteiger partial charge in [-0.3, -0.25) is 9.97 Å². The predicted octanol–water partition coefficient (Wildman–Crippen LogP) is 5.49. The molecule has 1 N–H and O–H groups in total. The van der Waals surface area contributed by atoms with Crippen LogP contribution in [0.5, 0.6) is 0 Å². The number of rotatable bonds is 11. The number of nitrogens with one attached hydrogen (secondary N) is 1. The third kappa shape index (κ3) is 5.87. The summed E-state index contributed by atoms with van der Waals surface area (Å²) >= 11 is 3.61. The number of aryl methyl sites for hydroxylation is 1. The van der Waals surface area contributed by atoms with Crippen molar-refractivity contribution in [2.45, 2.75) is 31.8 Å². The second kappa shape index (κ2) is 11.3. The van der Waals surface area contributed by atoms with Gasteiger partial charge >= 0.3 is 5.82 Å². The van der Waals surface area contributed by atoms with Crippen molar-refractivity contribution in [3.8, 4) is 0 Å². The van der Waals surface area contributed by atoms with Gasteiger partial charge in [-0.05, 0) is 35.6 Å². The zero-order valence-corrected chi connectivity index (χ0v) is 20.7. The van der Waals surface area contributed by atoms with Gasteiger partial charge in [0.15, 0.2) is 5.82 Å². The highest BCUT2D eigenvalue weighted by molar-refractivity contribution is 8.03. The standard InChI is InChI=1S/C24H26N6O2S2/c1-17-22(15-27-20-13-19-5-3-4-6-21(19)28-14-20)25-8-7-23(17)34-12-11-33-10-9-29-18(2)26-16-24(29)30(31)32/h3-8,13-14,16,27H,9-12,15H2,1-2H3. The molecule has 0 aliphatic heterocycles. The molecule has 34 heavy (non-hydrogen) atoms. The molecule has 3 aromatic heterocycles. The molecular weight excluding hydrogens is 468 g/mol. The number of fused-ring (bicyclic) bond motifs is 1. The van der Waals surface area contributed by atoms with Crippen LogP contribution in [0.4, 0.5) is 11.5 Å². The highest BCUT2D eigenvalue weighted by Crippen LogP contribution is 2.25. The number of benzene rings is 1. The average Bonchev–Trinajstić information content (AvgIpc) is 3.21. The number of hydrogen-bond donors (Lipinski definition) is 1. The highest BCUT2D eigenvalue weighted by atomic mass is 32.2. The molecule has 0 bridgehead atoms. The Hall–Kier alpha value is -3.11. The SMILES string of the molecule is Cc1c(SCCSCCn2c([N+](=O)[O-])cnc2C)ccnc1CNc1cnc2ccccc2c1.